The van der Waals surface area contributed by atoms with Crippen LogP contribution in [0.25, 0.3) is 0 Å². The van der Waals surface area contributed by atoms with Gasteiger partial charge in [-0.3, -0.25) is 4.79 Å². The highest BCUT2D eigenvalue weighted by atomic mass is 16.5. The van der Waals surface area contributed by atoms with Gasteiger partial charge < -0.3 is 15.2 Å². The van der Waals surface area contributed by atoms with Crippen LogP contribution in [0, 0.1) is 5.92 Å². The first-order chi connectivity index (χ1) is 8.13. The quantitative estimate of drug-likeness (QED) is 0.718. The molecule has 1 aliphatic carbocycles. The second kappa shape index (κ2) is 7.67. The maximum absolute atomic E-state index is 11.0. The molecule has 0 spiro atoms. The Bertz CT molecular complexity index is 233. The van der Waals surface area contributed by atoms with Gasteiger partial charge in [0.15, 0.2) is 0 Å². The summed E-state index contributed by atoms with van der Waals surface area (Å²) in [5.41, 5.74) is 0. The molecule has 0 amide bonds. The lowest BCUT2D eigenvalue weighted by molar-refractivity contribution is -0.142. The van der Waals surface area contributed by atoms with Gasteiger partial charge in [-0.15, -0.1) is 0 Å². The first kappa shape index (κ1) is 14.5. The fourth-order valence-corrected chi connectivity index (χ4v) is 2.30. The molecule has 1 aliphatic rings. The van der Waals surface area contributed by atoms with Gasteiger partial charge in [0.05, 0.1) is 12.7 Å². The fourth-order valence-electron chi connectivity index (χ4n) is 2.30. The Labute approximate surface area is 104 Å². The van der Waals surface area contributed by atoms with E-state index in [1.807, 2.05) is 6.92 Å². The van der Waals surface area contributed by atoms with Crippen molar-refractivity contribution in [3.05, 3.63) is 0 Å². The number of carboxylic acid groups (broad SMARTS) is 1. The van der Waals surface area contributed by atoms with E-state index >= 15 is 0 Å². The van der Waals surface area contributed by atoms with Crippen LogP contribution in [0.4, 0.5) is 0 Å². The third kappa shape index (κ3) is 5.50. The Morgan fingerprint density at radius 2 is 2.29 bits per heavy atom. The van der Waals surface area contributed by atoms with Crippen LogP contribution in [-0.2, 0) is 9.53 Å². The van der Waals surface area contributed by atoms with Crippen LogP contribution in [0.5, 0.6) is 0 Å². The summed E-state index contributed by atoms with van der Waals surface area (Å²) >= 11 is 0. The van der Waals surface area contributed by atoms with Crippen molar-refractivity contribution in [2.75, 3.05) is 13.2 Å². The first-order valence-corrected chi connectivity index (χ1v) is 6.71. The molecule has 100 valence electrons. The summed E-state index contributed by atoms with van der Waals surface area (Å²) in [5.74, 6) is -0.108. The average molecular weight is 243 g/mol. The van der Waals surface area contributed by atoms with Crippen molar-refractivity contribution >= 4 is 5.97 Å². The Balaban J connectivity index is 2.27. The van der Waals surface area contributed by atoms with E-state index in [0.29, 0.717) is 5.92 Å². The summed E-state index contributed by atoms with van der Waals surface area (Å²) in [5, 5.41) is 12.0. The average Bonchev–Trinajstić information content (AvgIpc) is 2.28. The van der Waals surface area contributed by atoms with E-state index in [1.54, 1.807) is 0 Å². The van der Waals surface area contributed by atoms with E-state index < -0.39 is 12.0 Å². The molecule has 17 heavy (non-hydrogen) atoms. The molecule has 1 rings (SSSR count). The summed E-state index contributed by atoms with van der Waals surface area (Å²) in [4.78, 5) is 11.0. The molecule has 3 atom stereocenters. The molecule has 1 saturated carbocycles. The van der Waals surface area contributed by atoms with Crippen LogP contribution < -0.4 is 5.32 Å². The normalized spacial score (nSPS) is 26.7. The van der Waals surface area contributed by atoms with Crippen molar-refractivity contribution < 1.29 is 14.6 Å². The van der Waals surface area contributed by atoms with E-state index in [1.165, 1.54) is 12.8 Å². The molecule has 3 unspecified atom stereocenters. The molecule has 0 radical (unpaired) electrons. The van der Waals surface area contributed by atoms with Crippen molar-refractivity contribution in [3.8, 4) is 0 Å². The lowest BCUT2D eigenvalue weighted by atomic mass is 9.89. The number of nitrogens with one attached hydrogen (secondary N) is 1. The van der Waals surface area contributed by atoms with Gasteiger partial charge in [0.1, 0.15) is 6.04 Å². The van der Waals surface area contributed by atoms with Gasteiger partial charge in [0, 0.05) is 0 Å². The standard InChI is InChI=1S/C13H25NO3/c1-3-7-14-12(13(15)16)9-17-11-6-4-5-10(2)8-11/h10-12,14H,3-9H2,1-2H3,(H,15,16). The molecule has 0 bridgehead atoms. The molecule has 0 saturated heterocycles. The topological polar surface area (TPSA) is 58.6 Å². The van der Waals surface area contributed by atoms with Crippen molar-refractivity contribution in [1.29, 1.82) is 0 Å². The minimum absolute atomic E-state index is 0.254. The summed E-state index contributed by atoms with van der Waals surface area (Å²) < 4.78 is 5.73. The van der Waals surface area contributed by atoms with Crippen LogP contribution in [0.3, 0.4) is 0 Å². The van der Waals surface area contributed by atoms with Crippen molar-refractivity contribution in [2.45, 2.75) is 58.1 Å². The summed E-state index contributed by atoms with van der Waals surface area (Å²) in [6.45, 7) is 5.27. The SMILES string of the molecule is CCCNC(COC1CCCC(C)C1)C(=O)O. The minimum atomic E-state index is -0.817. The highest BCUT2D eigenvalue weighted by molar-refractivity contribution is 5.73. The van der Waals surface area contributed by atoms with Crippen LogP contribution in [0.2, 0.25) is 0 Å². The third-order valence-corrected chi connectivity index (χ3v) is 3.33. The second-order valence-corrected chi connectivity index (χ2v) is 5.07. The fraction of sp³-hybridized carbons (Fsp3) is 0.923. The monoisotopic (exact) mass is 243 g/mol. The molecule has 4 heteroatoms. The summed E-state index contributed by atoms with van der Waals surface area (Å²) in [6.07, 6.45) is 5.81. The maximum atomic E-state index is 11.0. The van der Waals surface area contributed by atoms with Gasteiger partial charge in [-0.1, -0.05) is 26.7 Å². The number of rotatable bonds is 7. The maximum Gasteiger partial charge on any atom is 0.323 e. The van der Waals surface area contributed by atoms with Gasteiger partial charge in [-0.2, -0.15) is 0 Å². The van der Waals surface area contributed by atoms with E-state index in [4.69, 9.17) is 9.84 Å². The van der Waals surface area contributed by atoms with Crippen LogP contribution >= 0.6 is 0 Å². The highest BCUT2D eigenvalue weighted by Gasteiger charge is 2.22. The smallest absolute Gasteiger partial charge is 0.323 e. The molecule has 0 aliphatic heterocycles. The third-order valence-electron chi connectivity index (χ3n) is 3.33. The van der Waals surface area contributed by atoms with Gasteiger partial charge in [-0.05, 0) is 31.7 Å². The zero-order valence-corrected chi connectivity index (χ0v) is 10.9. The van der Waals surface area contributed by atoms with Gasteiger partial charge in [0.2, 0.25) is 0 Å². The van der Waals surface area contributed by atoms with E-state index in [0.717, 1.165) is 25.8 Å². The Morgan fingerprint density at radius 3 is 2.88 bits per heavy atom. The van der Waals surface area contributed by atoms with Crippen molar-refractivity contribution in [1.82, 2.24) is 5.32 Å². The summed E-state index contributed by atoms with van der Waals surface area (Å²) in [6, 6.07) is -0.563. The summed E-state index contributed by atoms with van der Waals surface area (Å²) in [7, 11) is 0. The lowest BCUT2D eigenvalue weighted by Gasteiger charge is -2.28. The molecule has 2 N–H and O–H groups in total. The lowest BCUT2D eigenvalue weighted by Crippen LogP contribution is -2.42. The molecular weight excluding hydrogens is 218 g/mol. The number of hydrogen-bond donors (Lipinski definition) is 2. The zero-order chi connectivity index (χ0) is 12.7. The number of hydrogen-bond acceptors (Lipinski definition) is 3. The van der Waals surface area contributed by atoms with Crippen molar-refractivity contribution in [2.24, 2.45) is 5.92 Å². The number of ether oxygens (including phenoxy) is 1. The van der Waals surface area contributed by atoms with Crippen molar-refractivity contribution in [3.63, 3.8) is 0 Å². The molecule has 4 nitrogen and oxygen atoms in total. The number of aliphatic carboxylic acids is 1. The van der Waals surface area contributed by atoms with E-state index in [9.17, 15) is 4.79 Å². The first-order valence-electron chi connectivity index (χ1n) is 6.71. The zero-order valence-electron chi connectivity index (χ0n) is 10.9. The molecule has 0 aromatic heterocycles. The number of carbonyl (C=O) groups is 1. The highest BCUT2D eigenvalue weighted by Crippen LogP contribution is 2.25. The van der Waals surface area contributed by atoms with Gasteiger partial charge in [0.25, 0.3) is 0 Å². The molecule has 0 heterocycles. The predicted molar refractivity (Wildman–Crippen MR) is 67.1 cm³/mol. The van der Waals surface area contributed by atoms with E-state index in [2.05, 4.69) is 12.2 Å². The van der Waals surface area contributed by atoms with Crippen LogP contribution in [0.15, 0.2) is 0 Å². The second-order valence-electron chi connectivity index (χ2n) is 5.07. The van der Waals surface area contributed by atoms with Crippen LogP contribution in [0.1, 0.15) is 46.0 Å². The predicted octanol–water partition coefficient (Wildman–Crippen LogP) is 2.03. The molecular formula is C13H25NO3. The van der Waals surface area contributed by atoms with Crippen LogP contribution in [-0.4, -0.2) is 36.4 Å². The molecule has 1 fully saturated rings. The Hall–Kier alpha value is -0.610. The largest absolute Gasteiger partial charge is 0.480 e. The number of carboxylic acids is 1. The Kier molecular flexibility index (Phi) is 6.52. The van der Waals surface area contributed by atoms with E-state index in [-0.39, 0.29) is 12.7 Å². The van der Waals surface area contributed by atoms with Gasteiger partial charge in [-0.25, -0.2) is 0 Å². The molecule has 0 aromatic carbocycles. The Morgan fingerprint density at radius 1 is 1.53 bits per heavy atom. The molecule has 0 aromatic rings. The minimum Gasteiger partial charge on any atom is -0.480 e. The van der Waals surface area contributed by atoms with Gasteiger partial charge >= 0.3 is 5.97 Å².